The lowest BCUT2D eigenvalue weighted by molar-refractivity contribution is 0.430. The first-order chi connectivity index (χ1) is 11.7. The molecule has 0 bridgehead atoms. The van der Waals surface area contributed by atoms with Crippen LogP contribution in [-0.2, 0) is 16.9 Å². The molecule has 0 saturated heterocycles. The van der Waals surface area contributed by atoms with Gasteiger partial charge in [0.1, 0.15) is 5.56 Å². The fraction of sp³-hybridized carbons (Fsp3) is 0.250. The van der Waals surface area contributed by atoms with Crippen molar-refractivity contribution in [1.82, 2.24) is 19.9 Å². The number of nitrogens with zero attached hydrogens (tertiary/aromatic N) is 4. The lowest BCUT2D eigenvalue weighted by Crippen LogP contribution is -2.23. The Balaban J connectivity index is 2.06. The molecule has 0 N–H and O–H groups in total. The zero-order valence-electron chi connectivity index (χ0n) is 14.1. The van der Waals surface area contributed by atoms with E-state index >= 15 is 0 Å². The summed E-state index contributed by atoms with van der Waals surface area (Å²) in [6, 6.07) is 6.13. The van der Waals surface area contributed by atoms with E-state index in [-0.39, 0.29) is 22.2 Å². The fourth-order valence-electron chi connectivity index (χ4n) is 2.39. The van der Waals surface area contributed by atoms with Crippen LogP contribution in [0.25, 0.3) is 22.8 Å². The number of sulfone groups is 1. The van der Waals surface area contributed by atoms with Crippen molar-refractivity contribution in [3.63, 3.8) is 0 Å². The summed E-state index contributed by atoms with van der Waals surface area (Å²) in [5, 5.41) is 8.01. The SMILES string of the molecule is Cc1nn(C)c(=O)c(-c2nc(-c3ccc(S(C)(=O)=O)cc3)no2)c1C. The van der Waals surface area contributed by atoms with Crippen molar-refractivity contribution >= 4 is 9.84 Å². The number of benzene rings is 1. The number of hydrogen-bond donors (Lipinski definition) is 0. The minimum atomic E-state index is -3.28. The van der Waals surface area contributed by atoms with Crippen molar-refractivity contribution in [2.75, 3.05) is 6.26 Å². The van der Waals surface area contributed by atoms with Crippen LogP contribution >= 0.6 is 0 Å². The summed E-state index contributed by atoms with van der Waals surface area (Å²) in [4.78, 5) is 16.8. The minimum absolute atomic E-state index is 0.103. The van der Waals surface area contributed by atoms with Crippen LogP contribution in [0.5, 0.6) is 0 Å². The van der Waals surface area contributed by atoms with Crippen LogP contribution in [0.2, 0.25) is 0 Å². The zero-order valence-corrected chi connectivity index (χ0v) is 15.0. The second kappa shape index (κ2) is 5.92. The second-order valence-electron chi connectivity index (χ2n) is 5.73. The molecule has 9 heteroatoms. The quantitative estimate of drug-likeness (QED) is 0.696. The highest BCUT2D eigenvalue weighted by atomic mass is 32.2. The molecule has 130 valence electrons. The van der Waals surface area contributed by atoms with Gasteiger partial charge < -0.3 is 4.52 Å². The number of aryl methyl sites for hydroxylation is 2. The third-order valence-corrected chi connectivity index (χ3v) is 5.03. The molecule has 0 saturated carbocycles. The predicted molar refractivity (Wildman–Crippen MR) is 90.8 cm³/mol. The van der Waals surface area contributed by atoms with Gasteiger partial charge in [-0.1, -0.05) is 5.16 Å². The van der Waals surface area contributed by atoms with Crippen LogP contribution in [0.4, 0.5) is 0 Å². The van der Waals surface area contributed by atoms with E-state index in [2.05, 4.69) is 15.2 Å². The van der Waals surface area contributed by atoms with Gasteiger partial charge in [-0.3, -0.25) is 4.79 Å². The molecule has 3 rings (SSSR count). The monoisotopic (exact) mass is 360 g/mol. The van der Waals surface area contributed by atoms with Gasteiger partial charge in [-0.15, -0.1) is 0 Å². The van der Waals surface area contributed by atoms with Crippen molar-refractivity contribution in [2.24, 2.45) is 7.05 Å². The molecule has 0 aliphatic heterocycles. The van der Waals surface area contributed by atoms with Gasteiger partial charge in [0.15, 0.2) is 9.84 Å². The van der Waals surface area contributed by atoms with Crippen molar-refractivity contribution in [3.8, 4) is 22.8 Å². The third-order valence-electron chi connectivity index (χ3n) is 3.91. The molecule has 0 aliphatic rings. The van der Waals surface area contributed by atoms with E-state index in [1.54, 1.807) is 33.0 Å². The first-order valence-corrected chi connectivity index (χ1v) is 9.26. The molecule has 0 radical (unpaired) electrons. The van der Waals surface area contributed by atoms with Crippen molar-refractivity contribution < 1.29 is 12.9 Å². The van der Waals surface area contributed by atoms with Gasteiger partial charge in [0.2, 0.25) is 5.82 Å². The lowest BCUT2D eigenvalue weighted by atomic mass is 10.1. The Hall–Kier alpha value is -2.81. The largest absolute Gasteiger partial charge is 0.333 e. The lowest BCUT2D eigenvalue weighted by Gasteiger charge is -2.05. The van der Waals surface area contributed by atoms with Gasteiger partial charge in [-0.05, 0) is 43.7 Å². The Morgan fingerprint density at radius 3 is 2.36 bits per heavy atom. The van der Waals surface area contributed by atoms with E-state index in [1.165, 1.54) is 16.8 Å². The third kappa shape index (κ3) is 3.10. The molecular weight excluding hydrogens is 344 g/mol. The Labute approximate surface area is 144 Å². The summed E-state index contributed by atoms with van der Waals surface area (Å²) in [5.74, 6) is 0.372. The van der Waals surface area contributed by atoms with E-state index in [0.29, 0.717) is 22.4 Å². The summed E-state index contributed by atoms with van der Waals surface area (Å²) in [5.41, 5.74) is 1.93. The smallest absolute Gasteiger partial charge is 0.279 e. The second-order valence-corrected chi connectivity index (χ2v) is 7.75. The highest BCUT2D eigenvalue weighted by Gasteiger charge is 2.19. The Morgan fingerprint density at radius 1 is 1.12 bits per heavy atom. The fourth-order valence-corrected chi connectivity index (χ4v) is 3.02. The van der Waals surface area contributed by atoms with Crippen LogP contribution in [0.15, 0.2) is 38.5 Å². The molecule has 0 aliphatic carbocycles. The molecule has 0 spiro atoms. The first kappa shape index (κ1) is 17.0. The Bertz CT molecular complexity index is 1110. The van der Waals surface area contributed by atoms with Crippen LogP contribution in [0.3, 0.4) is 0 Å². The van der Waals surface area contributed by atoms with Crippen LogP contribution in [-0.4, -0.2) is 34.6 Å². The van der Waals surface area contributed by atoms with Gasteiger partial charge in [0.25, 0.3) is 11.4 Å². The summed E-state index contributed by atoms with van der Waals surface area (Å²) in [6.07, 6.45) is 1.14. The van der Waals surface area contributed by atoms with Crippen LogP contribution < -0.4 is 5.56 Å². The number of rotatable bonds is 3. The average molecular weight is 360 g/mol. The topological polar surface area (TPSA) is 108 Å². The van der Waals surface area contributed by atoms with E-state index in [4.69, 9.17) is 4.52 Å². The van der Waals surface area contributed by atoms with Crippen molar-refractivity contribution in [3.05, 3.63) is 45.9 Å². The molecule has 0 atom stereocenters. The van der Waals surface area contributed by atoms with Gasteiger partial charge in [-0.25, -0.2) is 13.1 Å². The Morgan fingerprint density at radius 2 is 1.76 bits per heavy atom. The van der Waals surface area contributed by atoms with Crippen molar-refractivity contribution in [1.29, 1.82) is 0 Å². The van der Waals surface area contributed by atoms with Gasteiger partial charge in [-0.2, -0.15) is 10.1 Å². The number of aromatic nitrogens is 4. The normalized spacial score (nSPS) is 11.7. The molecule has 2 heterocycles. The van der Waals surface area contributed by atoms with Crippen LogP contribution in [0, 0.1) is 13.8 Å². The standard InChI is InChI=1S/C16H16N4O4S/c1-9-10(2)18-20(3)16(21)13(9)15-17-14(19-24-15)11-5-7-12(8-6-11)25(4,22)23/h5-8H,1-4H3. The molecule has 25 heavy (non-hydrogen) atoms. The summed E-state index contributed by atoms with van der Waals surface area (Å²) in [7, 11) is -1.72. The maximum absolute atomic E-state index is 12.3. The molecule has 3 aromatic rings. The molecule has 1 aromatic carbocycles. The van der Waals surface area contributed by atoms with E-state index in [1.807, 2.05) is 0 Å². The summed E-state index contributed by atoms with van der Waals surface area (Å²) < 4.78 is 29.5. The average Bonchev–Trinajstić information content (AvgIpc) is 3.02. The van der Waals surface area contributed by atoms with Crippen LogP contribution in [0.1, 0.15) is 11.3 Å². The molecular formula is C16H16N4O4S. The summed E-state index contributed by atoms with van der Waals surface area (Å²) in [6.45, 7) is 3.56. The molecule has 0 fully saturated rings. The van der Waals surface area contributed by atoms with Gasteiger partial charge in [0.05, 0.1) is 10.6 Å². The molecule has 0 unspecified atom stereocenters. The zero-order chi connectivity index (χ0) is 18.4. The van der Waals surface area contributed by atoms with E-state index in [9.17, 15) is 13.2 Å². The predicted octanol–water partition coefficient (Wildman–Crippen LogP) is 1.52. The Kier molecular flexibility index (Phi) is 4.03. The van der Waals surface area contributed by atoms with E-state index in [0.717, 1.165) is 6.26 Å². The highest BCUT2D eigenvalue weighted by molar-refractivity contribution is 7.90. The summed E-state index contributed by atoms with van der Waals surface area (Å²) >= 11 is 0. The number of hydrogen-bond acceptors (Lipinski definition) is 7. The first-order valence-electron chi connectivity index (χ1n) is 7.37. The van der Waals surface area contributed by atoms with Gasteiger partial charge >= 0.3 is 0 Å². The van der Waals surface area contributed by atoms with E-state index < -0.39 is 9.84 Å². The molecule has 8 nitrogen and oxygen atoms in total. The maximum Gasteiger partial charge on any atom is 0.279 e. The highest BCUT2D eigenvalue weighted by Crippen LogP contribution is 2.24. The maximum atomic E-state index is 12.3. The minimum Gasteiger partial charge on any atom is -0.333 e. The van der Waals surface area contributed by atoms with Gasteiger partial charge in [0, 0.05) is 18.9 Å². The molecule has 2 aromatic heterocycles. The van der Waals surface area contributed by atoms with Crippen molar-refractivity contribution in [2.45, 2.75) is 18.7 Å². The molecule has 0 amide bonds.